The number of aliphatic hydroxyl groups excluding tert-OH is 1. The molecule has 4 rings (SSSR count). The number of nitrogens with zero attached hydrogens (tertiary/aromatic N) is 2. The van der Waals surface area contributed by atoms with Gasteiger partial charge in [0.15, 0.2) is 0 Å². The molecule has 0 saturated heterocycles. The molecule has 1 amide bonds. The standard InChI is InChI=1S/C25H25N3O5/c29-21(16-27-14-13-18-5-1-2-6-19(18)15-27)17-33-22-11-9-20(10-12-22)26-25(30)23-7-3-4-8-24(23)28(31)32/h1-12,21,29H,13-17H2,(H,26,30). The lowest BCUT2D eigenvalue weighted by atomic mass is 10.00. The Morgan fingerprint density at radius 2 is 1.76 bits per heavy atom. The number of anilines is 1. The Morgan fingerprint density at radius 1 is 1.06 bits per heavy atom. The molecular formula is C25H25N3O5. The number of fused-ring (bicyclic) bond motifs is 1. The van der Waals surface area contributed by atoms with Crippen LogP contribution in [0.5, 0.6) is 5.75 Å². The molecule has 0 fully saturated rings. The van der Waals surface area contributed by atoms with E-state index in [1.165, 1.54) is 29.3 Å². The fraction of sp³-hybridized carbons (Fsp3) is 0.240. The summed E-state index contributed by atoms with van der Waals surface area (Å²) in [5, 5.41) is 24.2. The summed E-state index contributed by atoms with van der Waals surface area (Å²) in [6.45, 7) is 2.40. The van der Waals surface area contributed by atoms with E-state index >= 15 is 0 Å². The normalized spacial score (nSPS) is 14.2. The minimum Gasteiger partial charge on any atom is -0.491 e. The van der Waals surface area contributed by atoms with Crippen molar-refractivity contribution < 1.29 is 19.6 Å². The van der Waals surface area contributed by atoms with Crippen LogP contribution in [-0.4, -0.2) is 46.6 Å². The molecule has 1 unspecified atom stereocenters. The van der Waals surface area contributed by atoms with Crippen LogP contribution in [0.1, 0.15) is 21.5 Å². The molecule has 1 aliphatic rings. The van der Waals surface area contributed by atoms with E-state index in [4.69, 9.17) is 4.74 Å². The zero-order valence-corrected chi connectivity index (χ0v) is 18.0. The number of aliphatic hydroxyl groups is 1. The number of rotatable bonds is 8. The van der Waals surface area contributed by atoms with E-state index in [1.807, 2.05) is 6.07 Å². The highest BCUT2D eigenvalue weighted by molar-refractivity contribution is 6.07. The Balaban J connectivity index is 1.27. The monoisotopic (exact) mass is 447 g/mol. The highest BCUT2D eigenvalue weighted by Gasteiger charge is 2.20. The average Bonchev–Trinajstić information content (AvgIpc) is 2.83. The fourth-order valence-electron chi connectivity index (χ4n) is 3.91. The maximum atomic E-state index is 12.4. The quantitative estimate of drug-likeness (QED) is 0.404. The first-order valence-electron chi connectivity index (χ1n) is 10.7. The van der Waals surface area contributed by atoms with Crippen LogP contribution < -0.4 is 10.1 Å². The number of para-hydroxylation sites is 1. The average molecular weight is 447 g/mol. The van der Waals surface area contributed by atoms with Crippen LogP contribution in [0.15, 0.2) is 72.8 Å². The number of amides is 1. The summed E-state index contributed by atoms with van der Waals surface area (Å²) < 4.78 is 5.70. The number of nitro benzene ring substituents is 1. The van der Waals surface area contributed by atoms with Crippen molar-refractivity contribution in [2.24, 2.45) is 0 Å². The largest absolute Gasteiger partial charge is 0.491 e. The third kappa shape index (κ3) is 5.74. The number of nitrogens with one attached hydrogen (secondary N) is 1. The Kier molecular flexibility index (Phi) is 6.97. The molecular weight excluding hydrogens is 422 g/mol. The summed E-state index contributed by atoms with van der Waals surface area (Å²) in [6.07, 6.45) is 0.344. The molecule has 170 valence electrons. The maximum absolute atomic E-state index is 12.4. The van der Waals surface area contributed by atoms with E-state index in [9.17, 15) is 20.0 Å². The van der Waals surface area contributed by atoms with E-state index in [2.05, 4.69) is 28.4 Å². The first-order chi connectivity index (χ1) is 16.0. The lowest BCUT2D eigenvalue weighted by Gasteiger charge is -2.30. The molecule has 0 aliphatic carbocycles. The molecule has 3 aromatic rings. The molecule has 3 aromatic carbocycles. The lowest BCUT2D eigenvalue weighted by molar-refractivity contribution is -0.385. The van der Waals surface area contributed by atoms with E-state index < -0.39 is 16.9 Å². The number of carbonyl (C=O) groups is 1. The fourth-order valence-corrected chi connectivity index (χ4v) is 3.91. The van der Waals surface area contributed by atoms with Gasteiger partial charge in [0.2, 0.25) is 0 Å². The molecule has 0 bridgehead atoms. The first kappa shape index (κ1) is 22.4. The van der Waals surface area contributed by atoms with Crippen LogP contribution in [0.25, 0.3) is 0 Å². The van der Waals surface area contributed by atoms with Gasteiger partial charge in [0, 0.05) is 31.4 Å². The van der Waals surface area contributed by atoms with Gasteiger partial charge < -0.3 is 15.2 Å². The van der Waals surface area contributed by atoms with E-state index in [0.29, 0.717) is 18.0 Å². The molecule has 0 aromatic heterocycles. The van der Waals surface area contributed by atoms with Crippen molar-refractivity contribution >= 4 is 17.3 Å². The smallest absolute Gasteiger partial charge is 0.282 e. The summed E-state index contributed by atoms with van der Waals surface area (Å²) in [4.78, 5) is 25.2. The molecule has 33 heavy (non-hydrogen) atoms. The van der Waals surface area contributed by atoms with Gasteiger partial charge >= 0.3 is 0 Å². The molecule has 0 radical (unpaired) electrons. The molecule has 1 atom stereocenters. The van der Waals surface area contributed by atoms with Gasteiger partial charge in [-0.15, -0.1) is 0 Å². The van der Waals surface area contributed by atoms with Gasteiger partial charge in [-0.25, -0.2) is 0 Å². The number of carbonyl (C=O) groups excluding carboxylic acids is 1. The zero-order chi connectivity index (χ0) is 23.2. The highest BCUT2D eigenvalue weighted by atomic mass is 16.6. The molecule has 1 aliphatic heterocycles. The Labute approximate surface area is 191 Å². The van der Waals surface area contributed by atoms with Gasteiger partial charge in [0.25, 0.3) is 11.6 Å². The summed E-state index contributed by atoms with van der Waals surface area (Å²) in [7, 11) is 0. The summed E-state index contributed by atoms with van der Waals surface area (Å²) in [6, 6.07) is 20.8. The minimum absolute atomic E-state index is 0.00807. The van der Waals surface area contributed by atoms with Crippen molar-refractivity contribution in [3.05, 3.63) is 99.6 Å². The molecule has 8 nitrogen and oxygen atoms in total. The van der Waals surface area contributed by atoms with Crippen molar-refractivity contribution in [1.82, 2.24) is 4.90 Å². The molecule has 1 heterocycles. The number of hydrogen-bond acceptors (Lipinski definition) is 6. The second kappa shape index (κ2) is 10.2. The predicted molar refractivity (Wildman–Crippen MR) is 124 cm³/mol. The van der Waals surface area contributed by atoms with Crippen LogP contribution in [0.2, 0.25) is 0 Å². The molecule has 0 spiro atoms. The second-order valence-corrected chi connectivity index (χ2v) is 7.97. The van der Waals surface area contributed by atoms with E-state index in [1.54, 1.807) is 30.3 Å². The van der Waals surface area contributed by atoms with Crippen LogP contribution in [0.4, 0.5) is 11.4 Å². The lowest BCUT2D eigenvalue weighted by Crippen LogP contribution is -2.38. The van der Waals surface area contributed by atoms with Crippen molar-refractivity contribution in [1.29, 1.82) is 0 Å². The Hall–Kier alpha value is -3.75. The topological polar surface area (TPSA) is 105 Å². The van der Waals surface area contributed by atoms with Gasteiger partial charge in [-0.05, 0) is 47.9 Å². The number of β-amino-alcohol motifs (C(OH)–C–C–N with tert-alkyl or cyclic N) is 1. The van der Waals surface area contributed by atoms with Crippen molar-refractivity contribution in [3.8, 4) is 5.75 Å². The molecule has 8 heteroatoms. The first-order valence-corrected chi connectivity index (χ1v) is 10.7. The third-order valence-electron chi connectivity index (χ3n) is 5.58. The zero-order valence-electron chi connectivity index (χ0n) is 18.0. The number of hydrogen-bond donors (Lipinski definition) is 2. The van der Waals surface area contributed by atoms with Crippen LogP contribution in [0, 0.1) is 10.1 Å². The second-order valence-electron chi connectivity index (χ2n) is 7.97. The summed E-state index contributed by atoms with van der Waals surface area (Å²) >= 11 is 0. The van der Waals surface area contributed by atoms with Gasteiger partial charge in [0.1, 0.15) is 24.0 Å². The van der Waals surface area contributed by atoms with E-state index in [0.717, 1.165) is 19.5 Å². The highest BCUT2D eigenvalue weighted by Crippen LogP contribution is 2.22. The van der Waals surface area contributed by atoms with Crippen molar-refractivity contribution in [2.45, 2.75) is 19.1 Å². The summed E-state index contributed by atoms with van der Waals surface area (Å²) in [5.41, 5.74) is 2.90. The van der Waals surface area contributed by atoms with Crippen LogP contribution in [0.3, 0.4) is 0 Å². The van der Waals surface area contributed by atoms with Crippen molar-refractivity contribution in [2.75, 3.05) is 25.0 Å². The van der Waals surface area contributed by atoms with Crippen molar-refractivity contribution in [3.63, 3.8) is 0 Å². The van der Waals surface area contributed by atoms with Crippen LogP contribution in [-0.2, 0) is 13.0 Å². The van der Waals surface area contributed by atoms with Gasteiger partial charge in [-0.1, -0.05) is 36.4 Å². The number of benzene rings is 3. The van der Waals surface area contributed by atoms with Gasteiger partial charge in [-0.3, -0.25) is 19.8 Å². The number of nitro groups is 1. The molecule has 0 saturated carbocycles. The summed E-state index contributed by atoms with van der Waals surface area (Å²) in [5.74, 6) is -0.00349. The molecule has 2 N–H and O–H groups in total. The van der Waals surface area contributed by atoms with Crippen LogP contribution >= 0.6 is 0 Å². The van der Waals surface area contributed by atoms with Gasteiger partial charge in [0.05, 0.1) is 4.92 Å². The minimum atomic E-state index is -0.631. The van der Waals surface area contributed by atoms with E-state index in [-0.39, 0.29) is 17.9 Å². The number of ether oxygens (including phenoxy) is 1. The Bertz CT molecular complexity index is 1130. The SMILES string of the molecule is O=C(Nc1ccc(OCC(O)CN2CCc3ccccc3C2)cc1)c1ccccc1[N+](=O)[O-]. The third-order valence-corrected chi connectivity index (χ3v) is 5.58. The van der Waals surface area contributed by atoms with Gasteiger partial charge in [-0.2, -0.15) is 0 Å². The predicted octanol–water partition coefficient (Wildman–Crippen LogP) is 3.65. The maximum Gasteiger partial charge on any atom is 0.282 e. The Morgan fingerprint density at radius 3 is 2.52 bits per heavy atom.